The highest BCUT2D eigenvalue weighted by atomic mass is 14.2. The van der Waals surface area contributed by atoms with Crippen LogP contribution in [0.2, 0.25) is 0 Å². The normalized spacial score (nSPS) is 11.7. The number of hydrogen-bond acceptors (Lipinski definition) is 0. The second kappa shape index (κ2) is 15.1. The van der Waals surface area contributed by atoms with Crippen molar-refractivity contribution >= 4 is 37.9 Å². The van der Waals surface area contributed by atoms with Crippen molar-refractivity contribution in [2.75, 3.05) is 0 Å². The minimum Gasteiger partial charge on any atom is -0.0990 e. The molecule has 10 rings (SSSR count). The largest absolute Gasteiger partial charge is 0.0990 e. The van der Waals surface area contributed by atoms with Gasteiger partial charge >= 0.3 is 0 Å². The van der Waals surface area contributed by atoms with Crippen LogP contribution in [0.5, 0.6) is 0 Å². The third-order valence-electron chi connectivity index (χ3n) is 11.8. The standard InChI is InChI=1S/C59H42/c1-4-16-40(5-2)43-22-13-26-47(34-43)56-38-57(49-28-15-24-45(36-49)42-20-10-7-11-21-42)53-32-31-51-55(48-27-14-23-44(35-48)41-18-8-6-9-19-41)37-54(46-25-12-17-39(3)33-46)50-29-30-52(56)59(53)58(50)51/h4-38H,1-2H2,3H3/b40-16+. The summed E-state index contributed by atoms with van der Waals surface area (Å²) in [5.41, 5.74) is 17.9. The molecular weight excluding hydrogens is 709 g/mol. The minimum atomic E-state index is 1.04. The van der Waals surface area contributed by atoms with E-state index in [2.05, 4.69) is 214 Å². The van der Waals surface area contributed by atoms with E-state index in [1.807, 2.05) is 18.2 Å². The third kappa shape index (κ3) is 6.46. The lowest BCUT2D eigenvalue weighted by molar-refractivity contribution is 1.47. The van der Waals surface area contributed by atoms with Crippen LogP contribution in [0.1, 0.15) is 11.1 Å². The molecule has 0 spiro atoms. The molecule has 0 aliphatic carbocycles. The first-order chi connectivity index (χ1) is 29.1. The molecule has 0 heteroatoms. The fourth-order valence-corrected chi connectivity index (χ4v) is 9.03. The molecule has 0 nitrogen and oxygen atoms in total. The van der Waals surface area contributed by atoms with Gasteiger partial charge in [-0.1, -0.05) is 201 Å². The highest BCUT2D eigenvalue weighted by Crippen LogP contribution is 2.49. The first-order valence-corrected chi connectivity index (χ1v) is 20.3. The fraction of sp³-hybridized carbons (Fsp3) is 0.0169. The molecule has 0 amide bonds. The topological polar surface area (TPSA) is 0 Å². The molecule has 0 heterocycles. The summed E-state index contributed by atoms with van der Waals surface area (Å²) in [5, 5.41) is 7.55. The molecule has 278 valence electrons. The van der Waals surface area contributed by atoms with Gasteiger partial charge in [-0.3, -0.25) is 0 Å². The van der Waals surface area contributed by atoms with Gasteiger partial charge in [-0.05, 0) is 147 Å². The van der Waals surface area contributed by atoms with E-state index in [4.69, 9.17) is 0 Å². The van der Waals surface area contributed by atoms with E-state index in [0.29, 0.717) is 0 Å². The zero-order valence-electron chi connectivity index (χ0n) is 33.1. The van der Waals surface area contributed by atoms with Crippen LogP contribution >= 0.6 is 0 Å². The summed E-state index contributed by atoms with van der Waals surface area (Å²) < 4.78 is 0. The SMILES string of the molecule is C=C/C=C(\C=C)c1cccc(-c2cc(-c3cccc(-c4ccccc4)c3)c3ccc4c(-c5cccc(-c6ccccc6)c5)cc(-c5cccc(C)c5)c5ccc2c3c54)c1. The summed E-state index contributed by atoms with van der Waals surface area (Å²) >= 11 is 0. The number of allylic oxidation sites excluding steroid dienone is 4. The number of hydrogen-bond donors (Lipinski definition) is 0. The highest BCUT2D eigenvalue weighted by Gasteiger charge is 2.21. The first kappa shape index (κ1) is 35.8. The van der Waals surface area contributed by atoms with Crippen LogP contribution in [0.15, 0.2) is 226 Å². The maximum Gasteiger partial charge on any atom is -0.00139 e. The van der Waals surface area contributed by atoms with Crippen LogP contribution in [-0.4, -0.2) is 0 Å². The van der Waals surface area contributed by atoms with E-state index < -0.39 is 0 Å². The molecule has 0 saturated heterocycles. The van der Waals surface area contributed by atoms with E-state index in [1.54, 1.807) is 0 Å². The molecule has 10 aromatic rings. The maximum atomic E-state index is 4.13. The van der Waals surface area contributed by atoms with Crippen molar-refractivity contribution in [3.8, 4) is 66.8 Å². The van der Waals surface area contributed by atoms with Crippen LogP contribution in [0.4, 0.5) is 0 Å². The Hall–Kier alpha value is -7.54. The second-order valence-corrected chi connectivity index (χ2v) is 15.4. The Morgan fingerprint density at radius 3 is 1.19 bits per heavy atom. The molecule has 0 bridgehead atoms. The lowest BCUT2D eigenvalue weighted by Gasteiger charge is -2.22. The molecule has 0 saturated carbocycles. The summed E-state index contributed by atoms with van der Waals surface area (Å²) in [4.78, 5) is 0. The predicted octanol–water partition coefficient (Wildman–Crippen LogP) is 16.6. The Morgan fingerprint density at radius 2 is 0.746 bits per heavy atom. The molecule has 0 unspecified atom stereocenters. The summed E-state index contributed by atoms with van der Waals surface area (Å²) in [6, 6.07) is 71.5. The summed E-state index contributed by atoms with van der Waals surface area (Å²) in [6.07, 6.45) is 5.76. The quantitative estimate of drug-likeness (QED) is 0.102. The van der Waals surface area contributed by atoms with Crippen molar-refractivity contribution in [2.45, 2.75) is 6.92 Å². The van der Waals surface area contributed by atoms with Crippen molar-refractivity contribution in [2.24, 2.45) is 0 Å². The Morgan fingerprint density at radius 1 is 0.356 bits per heavy atom. The Bertz CT molecular complexity index is 3230. The second-order valence-electron chi connectivity index (χ2n) is 15.4. The van der Waals surface area contributed by atoms with Gasteiger partial charge in [0.25, 0.3) is 0 Å². The molecule has 0 N–H and O–H groups in total. The Kier molecular flexibility index (Phi) is 9.16. The third-order valence-corrected chi connectivity index (χ3v) is 11.8. The number of aryl methyl sites for hydroxylation is 1. The first-order valence-electron chi connectivity index (χ1n) is 20.3. The number of rotatable bonds is 9. The average molecular weight is 751 g/mol. The van der Waals surface area contributed by atoms with Gasteiger partial charge in [-0.15, -0.1) is 0 Å². The van der Waals surface area contributed by atoms with E-state index in [1.165, 1.54) is 99.1 Å². The zero-order chi connectivity index (χ0) is 39.9. The molecule has 0 aromatic heterocycles. The van der Waals surface area contributed by atoms with E-state index in [-0.39, 0.29) is 0 Å². The van der Waals surface area contributed by atoms with Gasteiger partial charge in [0.15, 0.2) is 0 Å². The monoisotopic (exact) mass is 750 g/mol. The molecule has 0 atom stereocenters. The fourth-order valence-electron chi connectivity index (χ4n) is 9.03. The Balaban J connectivity index is 1.33. The lowest BCUT2D eigenvalue weighted by atomic mass is 9.81. The van der Waals surface area contributed by atoms with Gasteiger partial charge in [0, 0.05) is 0 Å². The molecular formula is C59H42. The lowest BCUT2D eigenvalue weighted by Crippen LogP contribution is -1.95. The molecule has 0 fully saturated rings. The van der Waals surface area contributed by atoms with Crippen LogP contribution in [0.25, 0.3) is 105 Å². The van der Waals surface area contributed by atoms with Gasteiger partial charge in [0.1, 0.15) is 0 Å². The van der Waals surface area contributed by atoms with Crippen molar-refractivity contribution in [1.29, 1.82) is 0 Å². The van der Waals surface area contributed by atoms with Crippen LogP contribution in [-0.2, 0) is 0 Å². The van der Waals surface area contributed by atoms with Gasteiger partial charge in [-0.2, -0.15) is 0 Å². The number of benzene rings is 10. The molecule has 0 aliphatic rings. The van der Waals surface area contributed by atoms with Gasteiger partial charge in [0.05, 0.1) is 0 Å². The van der Waals surface area contributed by atoms with Crippen LogP contribution in [0, 0.1) is 6.92 Å². The van der Waals surface area contributed by atoms with Gasteiger partial charge in [0.2, 0.25) is 0 Å². The molecule has 0 radical (unpaired) electrons. The smallest absolute Gasteiger partial charge is 0.00139 e. The summed E-state index contributed by atoms with van der Waals surface area (Å²) in [5.74, 6) is 0. The maximum absolute atomic E-state index is 4.13. The minimum absolute atomic E-state index is 1.04. The van der Waals surface area contributed by atoms with E-state index >= 15 is 0 Å². The predicted molar refractivity (Wildman–Crippen MR) is 256 cm³/mol. The van der Waals surface area contributed by atoms with Gasteiger partial charge in [-0.25, -0.2) is 0 Å². The molecule has 59 heavy (non-hydrogen) atoms. The Labute approximate surface area is 346 Å². The van der Waals surface area contributed by atoms with Crippen LogP contribution in [0.3, 0.4) is 0 Å². The highest BCUT2D eigenvalue weighted by molar-refractivity contribution is 6.32. The average Bonchev–Trinajstić information content (AvgIpc) is 3.30. The zero-order valence-corrected chi connectivity index (χ0v) is 33.1. The van der Waals surface area contributed by atoms with E-state index in [9.17, 15) is 0 Å². The summed E-state index contributed by atoms with van der Waals surface area (Å²) in [6.45, 7) is 10.3. The van der Waals surface area contributed by atoms with Crippen molar-refractivity contribution in [1.82, 2.24) is 0 Å². The van der Waals surface area contributed by atoms with E-state index in [0.717, 1.165) is 16.7 Å². The van der Waals surface area contributed by atoms with Crippen molar-refractivity contribution in [3.63, 3.8) is 0 Å². The van der Waals surface area contributed by atoms with Crippen LogP contribution < -0.4 is 0 Å². The molecule has 10 aromatic carbocycles. The van der Waals surface area contributed by atoms with Crippen molar-refractivity contribution in [3.05, 3.63) is 237 Å². The van der Waals surface area contributed by atoms with Gasteiger partial charge < -0.3 is 0 Å². The summed E-state index contributed by atoms with van der Waals surface area (Å²) in [7, 11) is 0. The molecule has 0 aliphatic heterocycles. The van der Waals surface area contributed by atoms with Crippen molar-refractivity contribution < 1.29 is 0 Å².